The van der Waals surface area contributed by atoms with Gasteiger partial charge in [0, 0.05) is 11.8 Å². The highest BCUT2D eigenvalue weighted by Gasteiger charge is 2.46. The number of carbonyl (C=O) groups is 1. The van der Waals surface area contributed by atoms with Crippen molar-refractivity contribution >= 4 is 45.0 Å². The van der Waals surface area contributed by atoms with E-state index in [-0.39, 0.29) is 5.97 Å². The van der Waals surface area contributed by atoms with Crippen molar-refractivity contribution < 1.29 is 14.3 Å². The number of nitrogens with zero attached hydrogens (tertiary/aromatic N) is 1. The van der Waals surface area contributed by atoms with E-state index in [9.17, 15) is 4.79 Å². The van der Waals surface area contributed by atoms with Crippen molar-refractivity contribution in [2.75, 3.05) is 0 Å². The highest BCUT2D eigenvalue weighted by Crippen LogP contribution is 2.48. The summed E-state index contributed by atoms with van der Waals surface area (Å²) in [6.45, 7) is 3.68. The van der Waals surface area contributed by atoms with Crippen LogP contribution in [-0.4, -0.2) is 16.6 Å². The van der Waals surface area contributed by atoms with Crippen LogP contribution in [0.1, 0.15) is 19.4 Å². The average molecular weight is 379 g/mol. The molecule has 2 aliphatic rings. The summed E-state index contributed by atoms with van der Waals surface area (Å²) in [6, 6.07) is 5.73. The molecular formula is C15H10INO3. The highest BCUT2D eigenvalue weighted by atomic mass is 127. The van der Waals surface area contributed by atoms with Crippen LogP contribution in [-0.2, 0) is 9.53 Å². The number of hydrogen-bond donors (Lipinski definition) is 0. The number of carbonyl (C=O) groups excluding carboxylic acids is 1. The van der Waals surface area contributed by atoms with Gasteiger partial charge in [-0.05, 0) is 42.5 Å². The molecule has 5 heteroatoms. The van der Waals surface area contributed by atoms with Crippen molar-refractivity contribution in [2.24, 2.45) is 0 Å². The van der Waals surface area contributed by atoms with Crippen LogP contribution in [0.5, 0.6) is 5.75 Å². The first kappa shape index (κ1) is 12.1. The lowest BCUT2D eigenvalue weighted by Gasteiger charge is -2.25. The molecule has 0 amide bonds. The van der Waals surface area contributed by atoms with Gasteiger partial charge in [0.05, 0.1) is 14.5 Å². The van der Waals surface area contributed by atoms with Gasteiger partial charge in [0.1, 0.15) is 5.57 Å². The van der Waals surface area contributed by atoms with Gasteiger partial charge in [-0.1, -0.05) is 12.1 Å². The molecule has 2 aliphatic heterocycles. The molecule has 2 aromatic rings. The summed E-state index contributed by atoms with van der Waals surface area (Å²) in [6.07, 6.45) is 1.78. The molecule has 0 saturated heterocycles. The minimum absolute atomic E-state index is 0.331. The number of rotatable bonds is 0. The Labute approximate surface area is 128 Å². The van der Waals surface area contributed by atoms with Crippen LogP contribution in [0.2, 0.25) is 0 Å². The molecule has 1 aromatic carbocycles. The maximum atomic E-state index is 12.2. The van der Waals surface area contributed by atoms with Gasteiger partial charge in [-0.25, -0.2) is 4.79 Å². The van der Waals surface area contributed by atoms with Crippen LogP contribution in [0.15, 0.2) is 30.2 Å². The third-order valence-corrected chi connectivity index (χ3v) is 4.37. The Morgan fingerprint density at radius 3 is 2.90 bits per heavy atom. The van der Waals surface area contributed by atoms with E-state index in [1.54, 1.807) is 6.20 Å². The van der Waals surface area contributed by atoms with Gasteiger partial charge in [-0.3, -0.25) is 4.98 Å². The van der Waals surface area contributed by atoms with Crippen LogP contribution in [0.4, 0.5) is 0 Å². The lowest BCUT2D eigenvalue weighted by Crippen LogP contribution is -2.26. The minimum Gasteiger partial charge on any atom is -0.455 e. The Bertz CT molecular complexity index is 823. The Morgan fingerprint density at radius 2 is 2.10 bits per heavy atom. The van der Waals surface area contributed by atoms with Crippen molar-refractivity contribution in [3.05, 3.63) is 39.3 Å². The number of pyridine rings is 1. The van der Waals surface area contributed by atoms with Crippen molar-refractivity contribution in [2.45, 2.75) is 19.4 Å². The van der Waals surface area contributed by atoms with E-state index < -0.39 is 5.60 Å². The van der Waals surface area contributed by atoms with E-state index in [4.69, 9.17) is 9.47 Å². The Morgan fingerprint density at radius 1 is 1.30 bits per heavy atom. The Balaban J connectivity index is 2.15. The molecule has 3 heterocycles. The molecule has 0 radical (unpaired) electrons. The number of halogens is 1. The van der Waals surface area contributed by atoms with Gasteiger partial charge < -0.3 is 9.47 Å². The molecule has 4 rings (SSSR count). The number of fused-ring (bicyclic) bond motifs is 1. The largest absolute Gasteiger partial charge is 0.455 e. The van der Waals surface area contributed by atoms with Crippen molar-refractivity contribution in [3.63, 3.8) is 0 Å². The van der Waals surface area contributed by atoms with Gasteiger partial charge in [0.15, 0.2) is 17.1 Å². The maximum Gasteiger partial charge on any atom is 0.343 e. The number of benzene rings is 1. The van der Waals surface area contributed by atoms with Crippen molar-refractivity contribution in [1.29, 1.82) is 0 Å². The predicted octanol–water partition coefficient (Wildman–Crippen LogP) is 3.28. The summed E-state index contributed by atoms with van der Waals surface area (Å²) >= 11 is 2.19. The molecule has 0 spiro atoms. The zero-order valence-corrected chi connectivity index (χ0v) is 13.0. The van der Waals surface area contributed by atoms with Gasteiger partial charge in [0.25, 0.3) is 0 Å². The monoisotopic (exact) mass is 379 g/mol. The average Bonchev–Trinajstić information content (AvgIpc) is 2.64. The fourth-order valence-corrected chi connectivity index (χ4v) is 3.25. The third-order valence-electron chi connectivity index (χ3n) is 3.60. The molecule has 0 fully saturated rings. The second-order valence-electron chi connectivity index (χ2n) is 5.34. The summed E-state index contributed by atoms with van der Waals surface area (Å²) in [5, 5.41) is 0.882. The van der Waals surface area contributed by atoms with E-state index in [0.29, 0.717) is 11.3 Å². The molecule has 0 N–H and O–H groups in total. The third kappa shape index (κ3) is 1.41. The molecule has 100 valence electrons. The molecule has 1 aromatic heterocycles. The fourth-order valence-electron chi connectivity index (χ4n) is 2.73. The van der Waals surface area contributed by atoms with Gasteiger partial charge >= 0.3 is 5.97 Å². The van der Waals surface area contributed by atoms with E-state index in [1.165, 1.54) is 0 Å². The number of aromatic nitrogens is 1. The van der Waals surface area contributed by atoms with Crippen LogP contribution >= 0.6 is 22.6 Å². The normalized spacial score (nSPS) is 18.9. The molecule has 0 unspecified atom stereocenters. The van der Waals surface area contributed by atoms with E-state index in [1.807, 2.05) is 32.0 Å². The molecule has 0 bridgehead atoms. The van der Waals surface area contributed by atoms with Gasteiger partial charge in [0.2, 0.25) is 0 Å². The first-order valence-electron chi connectivity index (χ1n) is 6.22. The van der Waals surface area contributed by atoms with E-state index >= 15 is 0 Å². The topological polar surface area (TPSA) is 48.4 Å². The highest BCUT2D eigenvalue weighted by molar-refractivity contribution is 14.1. The van der Waals surface area contributed by atoms with Gasteiger partial charge in [-0.15, -0.1) is 0 Å². The quantitative estimate of drug-likeness (QED) is 0.521. The second kappa shape index (κ2) is 3.72. The number of hydrogen-bond acceptors (Lipinski definition) is 4. The van der Waals surface area contributed by atoms with Crippen LogP contribution < -0.4 is 4.74 Å². The summed E-state index contributed by atoms with van der Waals surface area (Å²) in [5.74, 6) is 1.02. The fraction of sp³-hybridized carbons (Fsp3) is 0.200. The predicted molar refractivity (Wildman–Crippen MR) is 82.2 cm³/mol. The standard InChI is InChI=1S/C15H10INO3/c1-15(2)13-11(14(18)20-15)7-4-3-5-9-10(7)12(19-13)8(16)6-17-9/h3-6H,1-2H3. The second-order valence-corrected chi connectivity index (χ2v) is 6.50. The van der Waals surface area contributed by atoms with Crippen LogP contribution in [0.3, 0.4) is 0 Å². The number of cyclic esters (lactones) is 1. The van der Waals surface area contributed by atoms with Gasteiger partial charge in [-0.2, -0.15) is 0 Å². The molecule has 4 nitrogen and oxygen atoms in total. The van der Waals surface area contributed by atoms with Crippen molar-refractivity contribution in [1.82, 2.24) is 4.98 Å². The zero-order valence-electron chi connectivity index (χ0n) is 10.9. The molecule has 0 atom stereocenters. The zero-order chi connectivity index (χ0) is 14.1. The van der Waals surface area contributed by atoms with Crippen LogP contribution in [0, 0.1) is 3.57 Å². The Kier molecular flexibility index (Phi) is 2.26. The lowest BCUT2D eigenvalue weighted by molar-refractivity contribution is -0.143. The lowest BCUT2D eigenvalue weighted by atomic mass is 9.94. The number of esters is 1. The summed E-state index contributed by atoms with van der Waals surface area (Å²) in [4.78, 5) is 16.6. The SMILES string of the molecule is CC1(C)OC(=O)C2=C1Oc1c(I)cnc3cccc2c13. The summed E-state index contributed by atoms with van der Waals surface area (Å²) < 4.78 is 12.4. The molecule has 0 aliphatic carbocycles. The van der Waals surface area contributed by atoms with Crippen LogP contribution in [0.25, 0.3) is 16.5 Å². The molecular weight excluding hydrogens is 369 g/mol. The van der Waals surface area contributed by atoms with Crippen molar-refractivity contribution in [3.8, 4) is 5.75 Å². The minimum atomic E-state index is -0.737. The molecule has 20 heavy (non-hydrogen) atoms. The summed E-state index contributed by atoms with van der Waals surface area (Å²) in [7, 11) is 0. The molecule has 0 saturated carbocycles. The first-order valence-corrected chi connectivity index (χ1v) is 7.30. The maximum absolute atomic E-state index is 12.2. The first-order chi connectivity index (χ1) is 9.49. The van der Waals surface area contributed by atoms with E-state index in [0.717, 1.165) is 25.8 Å². The van der Waals surface area contributed by atoms with E-state index in [2.05, 4.69) is 27.6 Å². The smallest absolute Gasteiger partial charge is 0.343 e. The number of ether oxygens (including phenoxy) is 2. The Hall–Kier alpha value is -1.63. The summed E-state index contributed by atoms with van der Waals surface area (Å²) in [5.41, 5.74) is 1.46.